The van der Waals surface area contributed by atoms with E-state index in [9.17, 15) is 4.39 Å². The SMILES string of the molecule is CC(C)(N)CSCc1ccc(F)cc1. The van der Waals surface area contributed by atoms with Gasteiger partial charge in [0, 0.05) is 17.0 Å². The van der Waals surface area contributed by atoms with Crippen molar-refractivity contribution in [2.75, 3.05) is 5.75 Å². The van der Waals surface area contributed by atoms with Crippen molar-refractivity contribution in [3.05, 3.63) is 35.6 Å². The van der Waals surface area contributed by atoms with Gasteiger partial charge in [-0.3, -0.25) is 0 Å². The summed E-state index contributed by atoms with van der Waals surface area (Å²) < 4.78 is 12.6. The summed E-state index contributed by atoms with van der Waals surface area (Å²) in [5, 5.41) is 0. The highest BCUT2D eigenvalue weighted by molar-refractivity contribution is 7.98. The lowest BCUT2D eigenvalue weighted by molar-refractivity contribution is 0.591. The molecule has 0 heterocycles. The van der Waals surface area contributed by atoms with Gasteiger partial charge >= 0.3 is 0 Å². The molecule has 0 aliphatic rings. The summed E-state index contributed by atoms with van der Waals surface area (Å²) in [7, 11) is 0. The topological polar surface area (TPSA) is 26.0 Å². The molecule has 1 aromatic rings. The van der Waals surface area contributed by atoms with Crippen molar-refractivity contribution in [3.63, 3.8) is 0 Å². The molecule has 0 amide bonds. The van der Waals surface area contributed by atoms with E-state index < -0.39 is 0 Å². The van der Waals surface area contributed by atoms with Crippen molar-refractivity contribution < 1.29 is 4.39 Å². The van der Waals surface area contributed by atoms with Gasteiger partial charge in [0.1, 0.15) is 5.82 Å². The molecule has 14 heavy (non-hydrogen) atoms. The van der Waals surface area contributed by atoms with Crippen LogP contribution in [-0.4, -0.2) is 11.3 Å². The third-order valence-corrected chi connectivity index (χ3v) is 3.14. The lowest BCUT2D eigenvalue weighted by Crippen LogP contribution is -2.34. The van der Waals surface area contributed by atoms with Crippen molar-refractivity contribution in [1.29, 1.82) is 0 Å². The predicted octanol–water partition coefficient (Wildman–Crippen LogP) is 2.80. The Hall–Kier alpha value is -0.540. The Morgan fingerprint density at radius 1 is 1.29 bits per heavy atom. The molecule has 1 rings (SSSR count). The molecule has 0 aliphatic heterocycles. The second kappa shape index (κ2) is 4.80. The first-order chi connectivity index (χ1) is 6.47. The van der Waals surface area contributed by atoms with E-state index in [0.29, 0.717) is 0 Å². The molecule has 1 nitrogen and oxygen atoms in total. The van der Waals surface area contributed by atoms with E-state index in [1.807, 2.05) is 26.0 Å². The van der Waals surface area contributed by atoms with Crippen molar-refractivity contribution in [2.45, 2.75) is 25.1 Å². The molecule has 0 saturated heterocycles. The lowest BCUT2D eigenvalue weighted by Gasteiger charge is -2.17. The second-order valence-corrected chi connectivity index (χ2v) is 5.09. The van der Waals surface area contributed by atoms with Gasteiger partial charge in [-0.15, -0.1) is 0 Å². The molecular formula is C11H16FNS. The molecular weight excluding hydrogens is 197 g/mol. The van der Waals surface area contributed by atoms with Gasteiger partial charge < -0.3 is 5.73 Å². The summed E-state index contributed by atoms with van der Waals surface area (Å²) in [5.41, 5.74) is 6.85. The maximum atomic E-state index is 12.6. The fourth-order valence-electron chi connectivity index (χ4n) is 1.01. The van der Waals surface area contributed by atoms with Crippen LogP contribution in [0.4, 0.5) is 4.39 Å². The fourth-order valence-corrected chi connectivity index (χ4v) is 2.07. The number of thioether (sulfide) groups is 1. The Kier molecular flexibility index (Phi) is 3.96. The lowest BCUT2D eigenvalue weighted by atomic mass is 10.1. The van der Waals surface area contributed by atoms with Crippen molar-refractivity contribution >= 4 is 11.8 Å². The minimum atomic E-state index is -0.182. The van der Waals surface area contributed by atoms with Crippen LogP contribution in [0, 0.1) is 5.82 Å². The van der Waals surface area contributed by atoms with Crippen LogP contribution < -0.4 is 5.73 Å². The zero-order valence-corrected chi connectivity index (χ0v) is 9.40. The molecule has 0 saturated carbocycles. The Labute approximate surface area is 88.9 Å². The number of halogens is 1. The maximum absolute atomic E-state index is 12.6. The largest absolute Gasteiger partial charge is 0.325 e. The summed E-state index contributed by atoms with van der Waals surface area (Å²) in [6.07, 6.45) is 0. The van der Waals surface area contributed by atoms with Crippen LogP contribution in [-0.2, 0) is 5.75 Å². The molecule has 0 bridgehead atoms. The molecule has 3 heteroatoms. The highest BCUT2D eigenvalue weighted by Gasteiger charge is 2.09. The number of rotatable bonds is 4. The Balaban J connectivity index is 2.35. The third-order valence-electron chi connectivity index (χ3n) is 1.66. The normalized spacial score (nSPS) is 11.7. The molecule has 2 N–H and O–H groups in total. The van der Waals surface area contributed by atoms with Gasteiger partial charge in [-0.2, -0.15) is 11.8 Å². The molecule has 1 aromatic carbocycles. The quantitative estimate of drug-likeness (QED) is 0.832. The Bertz CT molecular complexity index is 276. The van der Waals surface area contributed by atoms with Gasteiger partial charge in [0.25, 0.3) is 0 Å². The number of nitrogens with two attached hydrogens (primary N) is 1. The Morgan fingerprint density at radius 2 is 1.86 bits per heavy atom. The first kappa shape index (κ1) is 11.5. The first-order valence-electron chi connectivity index (χ1n) is 4.58. The molecule has 78 valence electrons. The van der Waals surface area contributed by atoms with E-state index in [-0.39, 0.29) is 11.4 Å². The summed E-state index contributed by atoms with van der Waals surface area (Å²) in [6, 6.07) is 6.60. The number of hydrogen-bond donors (Lipinski definition) is 1. The van der Waals surface area contributed by atoms with E-state index in [2.05, 4.69) is 0 Å². The minimum Gasteiger partial charge on any atom is -0.325 e. The summed E-state index contributed by atoms with van der Waals surface area (Å²) >= 11 is 1.77. The minimum absolute atomic E-state index is 0.134. The van der Waals surface area contributed by atoms with Gasteiger partial charge in [0.15, 0.2) is 0 Å². The summed E-state index contributed by atoms with van der Waals surface area (Å²) in [5.74, 6) is 1.61. The van der Waals surface area contributed by atoms with Crippen LogP contribution in [0.3, 0.4) is 0 Å². The zero-order chi connectivity index (χ0) is 10.6. The highest BCUT2D eigenvalue weighted by atomic mass is 32.2. The van der Waals surface area contributed by atoms with Crippen molar-refractivity contribution in [2.24, 2.45) is 5.73 Å². The zero-order valence-electron chi connectivity index (χ0n) is 8.59. The van der Waals surface area contributed by atoms with Gasteiger partial charge in [-0.1, -0.05) is 12.1 Å². The smallest absolute Gasteiger partial charge is 0.123 e. The Morgan fingerprint density at radius 3 is 2.36 bits per heavy atom. The molecule has 0 aliphatic carbocycles. The molecule has 0 atom stereocenters. The van der Waals surface area contributed by atoms with Crippen LogP contribution in [0.2, 0.25) is 0 Å². The maximum Gasteiger partial charge on any atom is 0.123 e. The first-order valence-corrected chi connectivity index (χ1v) is 5.74. The van der Waals surface area contributed by atoms with Crippen LogP contribution in [0.15, 0.2) is 24.3 Å². The highest BCUT2D eigenvalue weighted by Crippen LogP contribution is 2.16. The standard InChI is InChI=1S/C11H16FNS/c1-11(2,13)8-14-7-9-3-5-10(12)6-4-9/h3-6H,7-8,13H2,1-2H3. The summed E-state index contributed by atoms with van der Waals surface area (Å²) in [6.45, 7) is 4.01. The van der Waals surface area contributed by atoms with E-state index in [0.717, 1.165) is 17.1 Å². The summed E-state index contributed by atoms with van der Waals surface area (Å²) in [4.78, 5) is 0. The number of hydrogen-bond acceptors (Lipinski definition) is 2. The van der Waals surface area contributed by atoms with Crippen LogP contribution in [0.1, 0.15) is 19.4 Å². The molecule has 0 radical (unpaired) electrons. The van der Waals surface area contributed by atoms with Gasteiger partial charge in [0.2, 0.25) is 0 Å². The number of benzene rings is 1. The van der Waals surface area contributed by atoms with Gasteiger partial charge in [0.05, 0.1) is 0 Å². The third kappa shape index (κ3) is 4.63. The molecule has 0 unspecified atom stereocenters. The van der Waals surface area contributed by atoms with Crippen LogP contribution >= 0.6 is 11.8 Å². The van der Waals surface area contributed by atoms with Crippen molar-refractivity contribution in [1.82, 2.24) is 0 Å². The van der Waals surface area contributed by atoms with E-state index >= 15 is 0 Å². The predicted molar refractivity (Wildman–Crippen MR) is 60.8 cm³/mol. The second-order valence-electron chi connectivity index (χ2n) is 4.11. The van der Waals surface area contributed by atoms with Crippen LogP contribution in [0.25, 0.3) is 0 Å². The van der Waals surface area contributed by atoms with Crippen LogP contribution in [0.5, 0.6) is 0 Å². The molecule has 0 aromatic heterocycles. The monoisotopic (exact) mass is 213 g/mol. The molecule has 0 spiro atoms. The average Bonchev–Trinajstić information content (AvgIpc) is 2.06. The van der Waals surface area contributed by atoms with E-state index in [1.54, 1.807) is 11.8 Å². The van der Waals surface area contributed by atoms with Gasteiger partial charge in [-0.25, -0.2) is 4.39 Å². The van der Waals surface area contributed by atoms with E-state index in [4.69, 9.17) is 5.73 Å². The molecule has 0 fully saturated rings. The average molecular weight is 213 g/mol. The van der Waals surface area contributed by atoms with Crippen molar-refractivity contribution in [3.8, 4) is 0 Å². The fraction of sp³-hybridized carbons (Fsp3) is 0.455. The van der Waals surface area contributed by atoms with E-state index in [1.165, 1.54) is 12.1 Å². The van der Waals surface area contributed by atoms with Gasteiger partial charge in [-0.05, 0) is 31.5 Å².